The van der Waals surface area contributed by atoms with Gasteiger partial charge in [0.1, 0.15) is 11.2 Å². The maximum Gasteiger partial charge on any atom is 0.143 e. The number of nitrogens with zero attached hydrogens (tertiary/aromatic N) is 2. The molecule has 0 aliphatic rings. The lowest BCUT2D eigenvalue weighted by Gasteiger charge is -2.26. The molecule has 304 valence electrons. The highest BCUT2D eigenvalue weighted by molar-refractivity contribution is 6.19. The molecule has 0 amide bonds. The molecule has 0 radical (unpaired) electrons. The Bertz CT molecular complexity index is 3870. The van der Waals surface area contributed by atoms with Gasteiger partial charge >= 0.3 is 0 Å². The van der Waals surface area contributed by atoms with Crippen molar-refractivity contribution in [3.8, 4) is 39.1 Å². The molecule has 0 aliphatic carbocycles. The summed E-state index contributed by atoms with van der Waals surface area (Å²) in [5.74, 6) is 0. The highest BCUT2D eigenvalue weighted by atomic mass is 16.3. The molecule has 0 spiro atoms. The largest absolute Gasteiger partial charge is 0.455 e. The fourth-order valence-corrected chi connectivity index (χ4v) is 10.1. The zero-order valence-corrected chi connectivity index (χ0v) is 35.4. The molecule has 13 aromatic rings. The van der Waals surface area contributed by atoms with E-state index in [0.29, 0.717) is 0 Å². The first-order chi connectivity index (χ1) is 32.2. The Hall–Kier alpha value is -8.66. The summed E-state index contributed by atoms with van der Waals surface area (Å²) in [6.07, 6.45) is 0. The molecule has 0 saturated carbocycles. The van der Waals surface area contributed by atoms with Crippen LogP contribution in [0.4, 0.5) is 17.1 Å². The minimum Gasteiger partial charge on any atom is -0.455 e. The third-order valence-corrected chi connectivity index (χ3v) is 13.2. The molecule has 11 aromatic carbocycles. The predicted octanol–water partition coefficient (Wildman–Crippen LogP) is 17.5. The molecule has 2 aromatic heterocycles. The third-order valence-electron chi connectivity index (χ3n) is 13.2. The van der Waals surface area contributed by atoms with Crippen molar-refractivity contribution in [2.24, 2.45) is 0 Å². The SMILES string of the molecule is c1cc(-c2ccc(N(c3ccc(-c4cccc5ccccc45)cc3)c3ccc(-c4cccc5oc6c7ccccc7ccc6c45)cc3)cc2)cc(-n2c3ccccc3c3ccccc32)c1. The quantitative estimate of drug-likeness (QED) is 0.160. The van der Waals surface area contributed by atoms with E-state index in [4.69, 9.17) is 4.42 Å². The van der Waals surface area contributed by atoms with Crippen LogP contribution >= 0.6 is 0 Å². The second-order valence-corrected chi connectivity index (χ2v) is 16.9. The topological polar surface area (TPSA) is 21.3 Å². The summed E-state index contributed by atoms with van der Waals surface area (Å²) >= 11 is 0. The second kappa shape index (κ2) is 15.0. The first-order valence-corrected chi connectivity index (χ1v) is 22.2. The van der Waals surface area contributed by atoms with Gasteiger partial charge in [0, 0.05) is 49.7 Å². The van der Waals surface area contributed by atoms with Gasteiger partial charge in [0.15, 0.2) is 0 Å². The molecule has 0 bridgehead atoms. The second-order valence-electron chi connectivity index (χ2n) is 16.9. The molecule has 0 atom stereocenters. The normalized spacial score (nSPS) is 11.7. The zero-order valence-electron chi connectivity index (χ0n) is 35.4. The van der Waals surface area contributed by atoms with E-state index in [-0.39, 0.29) is 0 Å². The smallest absolute Gasteiger partial charge is 0.143 e. The summed E-state index contributed by atoms with van der Waals surface area (Å²) < 4.78 is 8.94. The van der Waals surface area contributed by atoms with Crippen molar-refractivity contribution >= 4 is 82.4 Å². The Labute approximate surface area is 376 Å². The molecular formula is C62H40N2O. The van der Waals surface area contributed by atoms with Gasteiger partial charge in [-0.15, -0.1) is 0 Å². The van der Waals surface area contributed by atoms with Gasteiger partial charge in [-0.05, 0) is 122 Å². The fourth-order valence-electron chi connectivity index (χ4n) is 10.1. The molecule has 3 heteroatoms. The molecule has 3 nitrogen and oxygen atoms in total. The van der Waals surface area contributed by atoms with E-state index in [9.17, 15) is 0 Å². The van der Waals surface area contributed by atoms with Crippen LogP contribution in [0.15, 0.2) is 247 Å². The van der Waals surface area contributed by atoms with Gasteiger partial charge in [0.25, 0.3) is 0 Å². The Morgan fingerprint density at radius 1 is 0.323 bits per heavy atom. The molecular weight excluding hydrogens is 789 g/mol. The molecule has 0 unspecified atom stereocenters. The van der Waals surface area contributed by atoms with Crippen LogP contribution in [0, 0.1) is 0 Å². The van der Waals surface area contributed by atoms with Crippen molar-refractivity contribution in [2.45, 2.75) is 0 Å². The van der Waals surface area contributed by atoms with Crippen LogP contribution in [0.25, 0.3) is 104 Å². The molecule has 0 fully saturated rings. The highest BCUT2D eigenvalue weighted by Gasteiger charge is 2.18. The Morgan fingerprint density at radius 2 is 0.831 bits per heavy atom. The van der Waals surface area contributed by atoms with Crippen molar-refractivity contribution in [3.63, 3.8) is 0 Å². The van der Waals surface area contributed by atoms with Crippen molar-refractivity contribution in [1.29, 1.82) is 0 Å². The summed E-state index contributed by atoms with van der Waals surface area (Å²) in [4.78, 5) is 2.36. The Balaban J connectivity index is 0.898. The molecule has 0 saturated heterocycles. The average Bonchev–Trinajstić information content (AvgIpc) is 3.94. The average molecular weight is 829 g/mol. The summed E-state index contributed by atoms with van der Waals surface area (Å²) in [5, 5.41) is 9.59. The molecule has 0 aliphatic heterocycles. The maximum atomic E-state index is 6.56. The number of para-hydroxylation sites is 2. The van der Waals surface area contributed by atoms with Crippen LogP contribution in [0.3, 0.4) is 0 Å². The van der Waals surface area contributed by atoms with Crippen LogP contribution in [0.5, 0.6) is 0 Å². The van der Waals surface area contributed by atoms with E-state index in [0.717, 1.165) is 66.8 Å². The molecule has 0 N–H and O–H groups in total. The van der Waals surface area contributed by atoms with Crippen molar-refractivity contribution in [2.75, 3.05) is 4.90 Å². The number of hydrogen-bond acceptors (Lipinski definition) is 2. The summed E-state index contributed by atoms with van der Waals surface area (Å²) in [5.41, 5.74) is 15.6. The van der Waals surface area contributed by atoms with E-state index >= 15 is 0 Å². The van der Waals surface area contributed by atoms with E-state index in [1.54, 1.807) is 0 Å². The van der Waals surface area contributed by atoms with Crippen LogP contribution in [-0.2, 0) is 0 Å². The first kappa shape index (κ1) is 36.9. The van der Waals surface area contributed by atoms with Crippen LogP contribution < -0.4 is 4.90 Å². The van der Waals surface area contributed by atoms with E-state index in [2.05, 4.69) is 252 Å². The number of hydrogen-bond donors (Lipinski definition) is 0. The summed E-state index contributed by atoms with van der Waals surface area (Å²) in [6.45, 7) is 0. The summed E-state index contributed by atoms with van der Waals surface area (Å²) in [7, 11) is 0. The van der Waals surface area contributed by atoms with Crippen molar-refractivity contribution < 1.29 is 4.42 Å². The lowest BCUT2D eigenvalue weighted by atomic mass is 9.97. The standard InChI is InChI=1S/C62H40N2O/c1-3-17-51-42(12-1)14-10-21-52(51)44-28-35-48(36-29-44)63(49-37-30-45(31-38-49)53-22-11-25-60-61(53)57-39-32-43-13-2-4-18-54(43)62(57)65-60)47-33-26-41(27-34-47)46-15-9-16-50(40-46)64-58-23-7-5-19-55(58)56-20-6-8-24-59(56)64/h1-40H. The minimum absolute atomic E-state index is 0.895. The van der Waals surface area contributed by atoms with E-state index in [1.807, 2.05) is 0 Å². The molecule has 65 heavy (non-hydrogen) atoms. The van der Waals surface area contributed by atoms with Gasteiger partial charge < -0.3 is 13.9 Å². The number of aromatic nitrogens is 1. The van der Waals surface area contributed by atoms with Gasteiger partial charge in [-0.1, -0.05) is 170 Å². The summed E-state index contributed by atoms with van der Waals surface area (Å²) in [6, 6.07) is 87.6. The Morgan fingerprint density at radius 3 is 1.51 bits per heavy atom. The lowest BCUT2D eigenvalue weighted by molar-refractivity contribution is 0.673. The number of benzene rings is 11. The van der Waals surface area contributed by atoms with Crippen LogP contribution in [0.1, 0.15) is 0 Å². The first-order valence-electron chi connectivity index (χ1n) is 22.2. The molecule has 2 heterocycles. The monoisotopic (exact) mass is 828 g/mol. The Kier molecular flexibility index (Phi) is 8.53. The van der Waals surface area contributed by atoms with Gasteiger partial charge in [-0.25, -0.2) is 0 Å². The van der Waals surface area contributed by atoms with Gasteiger partial charge in [-0.2, -0.15) is 0 Å². The van der Waals surface area contributed by atoms with Gasteiger partial charge in [0.2, 0.25) is 0 Å². The van der Waals surface area contributed by atoms with E-state index in [1.165, 1.54) is 54.7 Å². The fraction of sp³-hybridized carbons (Fsp3) is 0. The van der Waals surface area contributed by atoms with Crippen LogP contribution in [-0.4, -0.2) is 4.57 Å². The van der Waals surface area contributed by atoms with Gasteiger partial charge in [-0.3, -0.25) is 0 Å². The minimum atomic E-state index is 0.895. The zero-order chi connectivity index (χ0) is 42.8. The van der Waals surface area contributed by atoms with Crippen molar-refractivity contribution in [3.05, 3.63) is 243 Å². The van der Waals surface area contributed by atoms with Gasteiger partial charge in [0.05, 0.1) is 11.0 Å². The molecule has 13 rings (SSSR count). The van der Waals surface area contributed by atoms with Crippen LogP contribution in [0.2, 0.25) is 0 Å². The predicted molar refractivity (Wildman–Crippen MR) is 274 cm³/mol. The van der Waals surface area contributed by atoms with E-state index < -0.39 is 0 Å². The van der Waals surface area contributed by atoms with Crippen molar-refractivity contribution in [1.82, 2.24) is 4.57 Å². The lowest BCUT2D eigenvalue weighted by Crippen LogP contribution is -2.09. The maximum absolute atomic E-state index is 6.56. The number of rotatable bonds is 7. The number of anilines is 3. The number of furan rings is 1. The number of fused-ring (bicyclic) bond motifs is 9. The third kappa shape index (κ3) is 6.12. The highest BCUT2D eigenvalue weighted by Crippen LogP contribution is 2.42.